The summed E-state index contributed by atoms with van der Waals surface area (Å²) >= 11 is 3.15. The molecule has 1 atom stereocenters. The predicted molar refractivity (Wildman–Crippen MR) is 134 cm³/mol. The molecule has 1 aliphatic rings. The van der Waals surface area contributed by atoms with Gasteiger partial charge < -0.3 is 14.5 Å². The van der Waals surface area contributed by atoms with Gasteiger partial charge in [0.1, 0.15) is 0 Å². The third kappa shape index (κ3) is 4.12. The minimum absolute atomic E-state index is 0.0493. The van der Waals surface area contributed by atoms with Crippen LogP contribution >= 0.6 is 23.1 Å². The standard InChI is InChI=1S/C25H23N3O3S2/c1-30-21-10-5-8-17(25(21)31-2)20-13-19(22-11-6-12-32-22)27-28(20)24(29)15-33-23-14-26-18-9-4-3-7-16(18)23/h3-12,14,20,26H,13,15H2,1-2H3. The van der Waals surface area contributed by atoms with E-state index in [1.807, 2.05) is 60.1 Å². The Hall–Kier alpha value is -3.23. The van der Waals surface area contributed by atoms with Crippen molar-refractivity contribution >= 4 is 45.6 Å². The number of para-hydroxylation sites is 2. The van der Waals surface area contributed by atoms with Gasteiger partial charge in [0.2, 0.25) is 0 Å². The van der Waals surface area contributed by atoms with Crippen LogP contribution in [0, 0.1) is 0 Å². The molecule has 8 heteroatoms. The van der Waals surface area contributed by atoms with Gasteiger partial charge in [-0.15, -0.1) is 23.1 Å². The largest absolute Gasteiger partial charge is 0.493 e. The monoisotopic (exact) mass is 477 g/mol. The van der Waals surface area contributed by atoms with Crippen LogP contribution in [0.2, 0.25) is 0 Å². The number of aromatic nitrogens is 1. The summed E-state index contributed by atoms with van der Waals surface area (Å²) in [7, 11) is 3.24. The molecule has 2 aromatic heterocycles. The van der Waals surface area contributed by atoms with Crippen LogP contribution in [0.3, 0.4) is 0 Å². The van der Waals surface area contributed by atoms with Crippen LogP contribution in [-0.2, 0) is 4.79 Å². The van der Waals surface area contributed by atoms with E-state index in [-0.39, 0.29) is 17.7 Å². The number of carbonyl (C=O) groups excluding carboxylic acids is 1. The summed E-state index contributed by atoms with van der Waals surface area (Å²) in [6.07, 6.45) is 2.57. The van der Waals surface area contributed by atoms with Gasteiger partial charge in [-0.05, 0) is 23.6 Å². The van der Waals surface area contributed by atoms with Crippen molar-refractivity contribution in [2.24, 2.45) is 5.10 Å². The van der Waals surface area contributed by atoms with Crippen molar-refractivity contribution in [3.63, 3.8) is 0 Å². The molecule has 168 valence electrons. The van der Waals surface area contributed by atoms with Gasteiger partial charge in [0.05, 0.1) is 36.6 Å². The quantitative estimate of drug-likeness (QED) is 0.346. The number of thioether (sulfide) groups is 1. The van der Waals surface area contributed by atoms with Crippen LogP contribution in [0.5, 0.6) is 11.5 Å². The Bertz CT molecular complexity index is 1310. The molecule has 0 bridgehead atoms. The van der Waals surface area contributed by atoms with E-state index < -0.39 is 0 Å². The number of nitrogens with one attached hydrogen (secondary N) is 1. The molecule has 0 radical (unpaired) electrons. The average Bonchev–Trinajstić information content (AvgIpc) is 3.61. The van der Waals surface area contributed by atoms with E-state index in [2.05, 4.69) is 11.1 Å². The van der Waals surface area contributed by atoms with E-state index in [1.165, 1.54) is 11.8 Å². The average molecular weight is 478 g/mol. The smallest absolute Gasteiger partial charge is 0.253 e. The first-order chi connectivity index (χ1) is 16.2. The number of aromatic amines is 1. The van der Waals surface area contributed by atoms with Gasteiger partial charge in [-0.1, -0.05) is 36.4 Å². The Morgan fingerprint density at radius 1 is 1.15 bits per heavy atom. The maximum Gasteiger partial charge on any atom is 0.253 e. The lowest BCUT2D eigenvalue weighted by Gasteiger charge is -2.24. The predicted octanol–water partition coefficient (Wildman–Crippen LogP) is 5.72. The number of nitrogens with zero attached hydrogens (tertiary/aromatic N) is 2. The van der Waals surface area contributed by atoms with Gasteiger partial charge in [0.15, 0.2) is 11.5 Å². The number of hydrogen-bond donors (Lipinski definition) is 1. The Morgan fingerprint density at radius 3 is 2.82 bits per heavy atom. The second-order valence-corrected chi connectivity index (χ2v) is 9.52. The van der Waals surface area contributed by atoms with Gasteiger partial charge >= 0.3 is 0 Å². The highest BCUT2D eigenvalue weighted by molar-refractivity contribution is 8.00. The fraction of sp³-hybridized carbons (Fsp3) is 0.200. The summed E-state index contributed by atoms with van der Waals surface area (Å²) in [5.41, 5.74) is 2.86. The van der Waals surface area contributed by atoms with Crippen molar-refractivity contribution in [2.45, 2.75) is 17.4 Å². The van der Waals surface area contributed by atoms with Gasteiger partial charge in [0, 0.05) is 34.0 Å². The number of ether oxygens (including phenoxy) is 2. The number of H-pyrrole nitrogens is 1. The van der Waals surface area contributed by atoms with E-state index in [0.29, 0.717) is 17.9 Å². The lowest BCUT2D eigenvalue weighted by molar-refractivity contribution is -0.130. The molecule has 1 unspecified atom stereocenters. The van der Waals surface area contributed by atoms with Gasteiger partial charge in [-0.25, -0.2) is 5.01 Å². The Balaban J connectivity index is 1.45. The first-order valence-corrected chi connectivity index (χ1v) is 12.4. The molecule has 1 N–H and O–H groups in total. The third-order valence-corrected chi connectivity index (χ3v) is 7.63. The summed E-state index contributed by atoms with van der Waals surface area (Å²) < 4.78 is 11.2. The molecule has 33 heavy (non-hydrogen) atoms. The molecule has 4 aromatic rings. The lowest BCUT2D eigenvalue weighted by Crippen LogP contribution is -2.28. The Morgan fingerprint density at radius 2 is 2.03 bits per heavy atom. The number of thiophene rings is 1. The summed E-state index contributed by atoms with van der Waals surface area (Å²) in [5.74, 6) is 1.51. The molecule has 2 aromatic carbocycles. The van der Waals surface area contributed by atoms with Crippen LogP contribution in [-0.4, -0.2) is 41.6 Å². The fourth-order valence-corrected chi connectivity index (χ4v) is 5.73. The molecular formula is C25H23N3O3S2. The number of benzene rings is 2. The zero-order chi connectivity index (χ0) is 22.8. The van der Waals surface area contributed by atoms with E-state index in [4.69, 9.17) is 14.6 Å². The minimum atomic E-state index is -0.261. The molecule has 0 saturated heterocycles. The minimum Gasteiger partial charge on any atom is -0.493 e. The van der Waals surface area contributed by atoms with Crippen molar-refractivity contribution in [3.05, 3.63) is 76.6 Å². The second kappa shape index (κ2) is 9.33. The maximum atomic E-state index is 13.4. The van der Waals surface area contributed by atoms with Gasteiger partial charge in [-0.2, -0.15) is 5.10 Å². The highest BCUT2D eigenvalue weighted by Crippen LogP contribution is 2.42. The number of methoxy groups -OCH3 is 2. The van der Waals surface area contributed by atoms with E-state index >= 15 is 0 Å². The number of amides is 1. The number of hydrazone groups is 1. The van der Waals surface area contributed by atoms with Crippen molar-refractivity contribution in [1.82, 2.24) is 9.99 Å². The van der Waals surface area contributed by atoms with Crippen molar-refractivity contribution in [2.75, 3.05) is 20.0 Å². The first kappa shape index (κ1) is 21.6. The summed E-state index contributed by atoms with van der Waals surface area (Å²) in [6.45, 7) is 0. The maximum absolute atomic E-state index is 13.4. The molecule has 0 fully saturated rings. The molecule has 1 amide bonds. The van der Waals surface area contributed by atoms with Crippen LogP contribution < -0.4 is 9.47 Å². The van der Waals surface area contributed by atoms with Crippen LogP contribution in [0.25, 0.3) is 10.9 Å². The van der Waals surface area contributed by atoms with Crippen molar-refractivity contribution in [1.29, 1.82) is 0 Å². The molecule has 5 rings (SSSR count). The molecule has 0 aliphatic carbocycles. The summed E-state index contributed by atoms with van der Waals surface area (Å²) in [5, 5.41) is 9.53. The highest BCUT2D eigenvalue weighted by atomic mass is 32.2. The van der Waals surface area contributed by atoms with E-state index in [1.54, 1.807) is 30.6 Å². The van der Waals surface area contributed by atoms with Crippen molar-refractivity contribution in [3.8, 4) is 11.5 Å². The molecular weight excluding hydrogens is 454 g/mol. The molecule has 3 heterocycles. The zero-order valence-electron chi connectivity index (χ0n) is 18.3. The second-order valence-electron chi connectivity index (χ2n) is 7.55. The SMILES string of the molecule is COc1cccc(C2CC(c3cccs3)=NN2C(=O)CSc2c[nH]c3ccccc23)c1OC. The number of carbonyl (C=O) groups is 1. The number of hydrogen-bond acceptors (Lipinski definition) is 6. The summed E-state index contributed by atoms with van der Waals surface area (Å²) in [6, 6.07) is 17.6. The number of rotatable bonds is 7. The molecule has 1 aliphatic heterocycles. The van der Waals surface area contributed by atoms with Crippen molar-refractivity contribution < 1.29 is 14.3 Å². The fourth-order valence-electron chi connectivity index (χ4n) is 4.12. The summed E-state index contributed by atoms with van der Waals surface area (Å²) in [4.78, 5) is 18.8. The third-order valence-electron chi connectivity index (χ3n) is 5.67. The Kier molecular flexibility index (Phi) is 6.11. The zero-order valence-corrected chi connectivity index (χ0v) is 19.9. The van der Waals surface area contributed by atoms with Crippen LogP contribution in [0.4, 0.5) is 0 Å². The molecule has 0 saturated carbocycles. The normalized spacial score (nSPS) is 15.6. The van der Waals surface area contributed by atoms with Crippen LogP contribution in [0.1, 0.15) is 22.9 Å². The van der Waals surface area contributed by atoms with Crippen LogP contribution in [0.15, 0.2) is 76.2 Å². The lowest BCUT2D eigenvalue weighted by atomic mass is 9.99. The number of fused-ring (bicyclic) bond motifs is 1. The van der Waals surface area contributed by atoms with Gasteiger partial charge in [0.25, 0.3) is 5.91 Å². The molecule has 0 spiro atoms. The first-order valence-electron chi connectivity index (χ1n) is 10.5. The topological polar surface area (TPSA) is 66.9 Å². The highest BCUT2D eigenvalue weighted by Gasteiger charge is 2.35. The van der Waals surface area contributed by atoms with E-state index in [9.17, 15) is 4.79 Å². The molecule has 6 nitrogen and oxygen atoms in total. The van der Waals surface area contributed by atoms with Gasteiger partial charge in [-0.3, -0.25) is 4.79 Å². The van der Waals surface area contributed by atoms with E-state index in [0.717, 1.165) is 32.0 Å². The Labute approximate surface area is 200 Å².